The number of nitrogens with one attached hydrogen (secondary N) is 2. The van der Waals surface area contributed by atoms with Gasteiger partial charge in [-0.25, -0.2) is 4.79 Å². The number of aromatic nitrogens is 2. The molecular formula is C27H32N4O4. The molecule has 2 aromatic carbocycles. The van der Waals surface area contributed by atoms with Crippen molar-refractivity contribution in [1.82, 2.24) is 14.5 Å². The van der Waals surface area contributed by atoms with Crippen LogP contribution in [0.2, 0.25) is 0 Å². The van der Waals surface area contributed by atoms with E-state index in [0.717, 1.165) is 25.7 Å². The fraction of sp³-hybridized carbons (Fsp3) is 0.407. The van der Waals surface area contributed by atoms with Crippen LogP contribution in [0.5, 0.6) is 0 Å². The number of amides is 2. The minimum Gasteiger partial charge on any atom is -0.353 e. The third kappa shape index (κ3) is 6.26. The van der Waals surface area contributed by atoms with Crippen molar-refractivity contribution in [3.05, 3.63) is 75.4 Å². The lowest BCUT2D eigenvalue weighted by molar-refractivity contribution is -0.122. The summed E-state index contributed by atoms with van der Waals surface area (Å²) >= 11 is 0. The van der Waals surface area contributed by atoms with Crippen LogP contribution in [0.4, 0.5) is 5.69 Å². The standard InChI is InChI=1S/C27H32N4O4/c32-24(28-20-11-3-1-4-12-20)17-9-10-18-30-26(34)22-15-7-8-16-23(22)31(27(30)35)19-25(33)29-21-13-5-2-6-14-21/h2,5-8,13-16,20H,1,3-4,9-12,17-19H2,(H,28,32)(H,29,33). The van der Waals surface area contributed by atoms with Crippen molar-refractivity contribution >= 4 is 28.4 Å². The summed E-state index contributed by atoms with van der Waals surface area (Å²) in [5.74, 6) is -0.328. The molecule has 8 nitrogen and oxygen atoms in total. The quantitative estimate of drug-likeness (QED) is 0.462. The summed E-state index contributed by atoms with van der Waals surface area (Å²) in [6.45, 7) is -0.0160. The molecule has 1 saturated carbocycles. The first-order valence-electron chi connectivity index (χ1n) is 12.4. The van der Waals surface area contributed by atoms with E-state index in [0.29, 0.717) is 35.9 Å². The molecule has 184 valence electrons. The summed E-state index contributed by atoms with van der Waals surface area (Å²) < 4.78 is 2.52. The van der Waals surface area contributed by atoms with Crippen LogP contribution in [0, 0.1) is 0 Å². The normalized spacial score (nSPS) is 14.1. The highest BCUT2D eigenvalue weighted by Crippen LogP contribution is 2.17. The lowest BCUT2D eigenvalue weighted by Gasteiger charge is -2.22. The molecule has 2 amide bonds. The number of unbranched alkanes of at least 4 members (excludes halogenated alkanes) is 1. The molecule has 3 aromatic rings. The molecule has 1 aliphatic carbocycles. The van der Waals surface area contributed by atoms with Crippen molar-refractivity contribution in [3.63, 3.8) is 0 Å². The Morgan fingerprint density at radius 3 is 2.31 bits per heavy atom. The van der Waals surface area contributed by atoms with Gasteiger partial charge in [0.15, 0.2) is 0 Å². The third-order valence-corrected chi connectivity index (χ3v) is 6.50. The Morgan fingerprint density at radius 1 is 0.829 bits per heavy atom. The summed E-state index contributed by atoms with van der Waals surface area (Å²) in [6, 6.07) is 16.1. The Kier molecular flexibility index (Phi) is 8.13. The molecule has 0 spiro atoms. The topological polar surface area (TPSA) is 102 Å². The maximum Gasteiger partial charge on any atom is 0.331 e. The van der Waals surface area contributed by atoms with Crippen molar-refractivity contribution in [2.45, 2.75) is 70.5 Å². The highest BCUT2D eigenvalue weighted by atomic mass is 16.2. The molecule has 0 atom stereocenters. The smallest absolute Gasteiger partial charge is 0.331 e. The molecule has 35 heavy (non-hydrogen) atoms. The molecule has 1 aliphatic rings. The number of para-hydroxylation sites is 2. The summed E-state index contributed by atoms with van der Waals surface area (Å²) in [5.41, 5.74) is 0.157. The Morgan fingerprint density at radius 2 is 1.54 bits per heavy atom. The van der Waals surface area contributed by atoms with Gasteiger partial charge in [0, 0.05) is 24.7 Å². The van der Waals surface area contributed by atoms with E-state index in [-0.39, 0.29) is 36.5 Å². The lowest BCUT2D eigenvalue weighted by Crippen LogP contribution is -2.41. The van der Waals surface area contributed by atoms with Crippen LogP contribution in [0.1, 0.15) is 51.4 Å². The minimum absolute atomic E-state index is 0.0257. The molecule has 2 N–H and O–H groups in total. The van der Waals surface area contributed by atoms with Gasteiger partial charge in [0.2, 0.25) is 11.8 Å². The molecule has 0 unspecified atom stereocenters. The van der Waals surface area contributed by atoms with Crippen LogP contribution in [0.25, 0.3) is 10.9 Å². The highest BCUT2D eigenvalue weighted by Gasteiger charge is 2.17. The Hall–Kier alpha value is -3.68. The fourth-order valence-electron chi connectivity index (χ4n) is 4.69. The van der Waals surface area contributed by atoms with E-state index in [2.05, 4.69) is 10.6 Å². The average Bonchev–Trinajstić information content (AvgIpc) is 2.87. The van der Waals surface area contributed by atoms with Crippen LogP contribution in [-0.4, -0.2) is 27.0 Å². The Bertz CT molecular complexity index is 1290. The number of benzene rings is 2. The first-order valence-corrected chi connectivity index (χ1v) is 12.4. The van der Waals surface area contributed by atoms with Gasteiger partial charge in [0.05, 0.1) is 10.9 Å². The number of fused-ring (bicyclic) bond motifs is 1. The molecule has 0 saturated heterocycles. The highest BCUT2D eigenvalue weighted by molar-refractivity contribution is 5.91. The number of carbonyl (C=O) groups excluding carboxylic acids is 2. The van der Waals surface area contributed by atoms with Gasteiger partial charge >= 0.3 is 5.69 Å². The number of carbonyl (C=O) groups is 2. The van der Waals surface area contributed by atoms with Crippen molar-refractivity contribution in [2.75, 3.05) is 5.32 Å². The van der Waals surface area contributed by atoms with E-state index >= 15 is 0 Å². The predicted molar refractivity (Wildman–Crippen MR) is 136 cm³/mol. The number of hydrogen-bond acceptors (Lipinski definition) is 4. The number of hydrogen-bond donors (Lipinski definition) is 2. The van der Waals surface area contributed by atoms with Crippen molar-refractivity contribution in [1.29, 1.82) is 0 Å². The largest absolute Gasteiger partial charge is 0.353 e. The van der Waals surface area contributed by atoms with Gasteiger partial charge in [-0.3, -0.25) is 23.5 Å². The molecular weight excluding hydrogens is 444 g/mol. The third-order valence-electron chi connectivity index (χ3n) is 6.50. The number of anilines is 1. The zero-order chi connectivity index (χ0) is 24.6. The Balaban J connectivity index is 1.45. The second-order valence-corrected chi connectivity index (χ2v) is 9.12. The van der Waals surface area contributed by atoms with Gasteiger partial charge in [0.1, 0.15) is 6.54 Å². The maximum absolute atomic E-state index is 13.2. The molecule has 0 aliphatic heterocycles. The monoisotopic (exact) mass is 476 g/mol. The molecule has 8 heteroatoms. The van der Waals surface area contributed by atoms with E-state index in [1.54, 1.807) is 36.4 Å². The van der Waals surface area contributed by atoms with Crippen LogP contribution < -0.4 is 21.9 Å². The molecule has 1 fully saturated rings. The summed E-state index contributed by atoms with van der Waals surface area (Å²) in [6.07, 6.45) is 7.08. The van der Waals surface area contributed by atoms with Gasteiger partial charge in [-0.05, 0) is 49.9 Å². The van der Waals surface area contributed by atoms with Crippen LogP contribution >= 0.6 is 0 Å². The van der Waals surface area contributed by atoms with Crippen molar-refractivity contribution in [3.8, 4) is 0 Å². The summed E-state index contributed by atoms with van der Waals surface area (Å²) in [5, 5.41) is 6.27. The van der Waals surface area contributed by atoms with Crippen molar-refractivity contribution in [2.24, 2.45) is 0 Å². The molecule has 4 rings (SSSR count). The van der Waals surface area contributed by atoms with Gasteiger partial charge in [0.25, 0.3) is 5.56 Å². The average molecular weight is 477 g/mol. The molecule has 1 aromatic heterocycles. The van der Waals surface area contributed by atoms with Gasteiger partial charge in [-0.2, -0.15) is 0 Å². The van der Waals surface area contributed by atoms with Gasteiger partial charge in [-0.15, -0.1) is 0 Å². The first kappa shape index (κ1) is 24.4. The van der Waals surface area contributed by atoms with E-state index in [1.807, 2.05) is 18.2 Å². The number of rotatable bonds is 9. The van der Waals surface area contributed by atoms with E-state index in [4.69, 9.17) is 0 Å². The van der Waals surface area contributed by atoms with E-state index < -0.39 is 5.69 Å². The number of nitrogens with zero attached hydrogens (tertiary/aromatic N) is 2. The SMILES string of the molecule is O=C(Cn1c(=O)n(CCCCC(=O)NC2CCCCC2)c(=O)c2ccccc21)Nc1ccccc1. The lowest BCUT2D eigenvalue weighted by atomic mass is 9.95. The summed E-state index contributed by atoms with van der Waals surface area (Å²) in [7, 11) is 0. The zero-order valence-corrected chi connectivity index (χ0v) is 19.9. The van der Waals surface area contributed by atoms with E-state index in [1.165, 1.54) is 15.6 Å². The predicted octanol–water partition coefficient (Wildman–Crippen LogP) is 3.42. The molecule has 0 radical (unpaired) electrons. The zero-order valence-electron chi connectivity index (χ0n) is 19.9. The summed E-state index contributed by atoms with van der Waals surface area (Å²) in [4.78, 5) is 51.2. The maximum atomic E-state index is 13.2. The van der Waals surface area contributed by atoms with Gasteiger partial charge < -0.3 is 10.6 Å². The second-order valence-electron chi connectivity index (χ2n) is 9.12. The molecule has 1 heterocycles. The minimum atomic E-state index is -0.524. The van der Waals surface area contributed by atoms with Crippen LogP contribution in [-0.2, 0) is 22.7 Å². The van der Waals surface area contributed by atoms with Crippen molar-refractivity contribution < 1.29 is 9.59 Å². The van der Waals surface area contributed by atoms with Crippen LogP contribution in [0.3, 0.4) is 0 Å². The van der Waals surface area contributed by atoms with Crippen LogP contribution in [0.15, 0.2) is 64.2 Å². The fourth-order valence-corrected chi connectivity index (χ4v) is 4.69. The molecule has 0 bridgehead atoms. The van der Waals surface area contributed by atoms with E-state index in [9.17, 15) is 19.2 Å². The van der Waals surface area contributed by atoms with Gasteiger partial charge in [-0.1, -0.05) is 49.6 Å². The first-order chi connectivity index (χ1) is 17.0. The second kappa shape index (κ2) is 11.6. The Labute approximate surface area is 204 Å².